The summed E-state index contributed by atoms with van der Waals surface area (Å²) >= 11 is 0. The van der Waals surface area contributed by atoms with Gasteiger partial charge in [-0.15, -0.1) is 0 Å². The average Bonchev–Trinajstić information content (AvgIpc) is 3.11. The van der Waals surface area contributed by atoms with Gasteiger partial charge in [-0.1, -0.05) is 55.5 Å². The maximum absolute atomic E-state index is 12.4. The number of hydrogen-bond donors (Lipinski definition) is 3. The summed E-state index contributed by atoms with van der Waals surface area (Å²) in [5, 5.41) is 14.1. The van der Waals surface area contributed by atoms with E-state index in [-0.39, 0.29) is 25.2 Å². The van der Waals surface area contributed by atoms with Gasteiger partial charge in [-0.05, 0) is 28.7 Å². The molecule has 3 rings (SSSR count). The molecule has 0 saturated carbocycles. The molecule has 0 spiro atoms. The Morgan fingerprint density at radius 3 is 2.16 bits per heavy atom. The van der Waals surface area contributed by atoms with Gasteiger partial charge in [0.15, 0.2) is 0 Å². The summed E-state index contributed by atoms with van der Waals surface area (Å²) in [6.45, 7) is 2.20. The van der Waals surface area contributed by atoms with E-state index < -0.39 is 30.4 Å². The van der Waals surface area contributed by atoms with Crippen LogP contribution in [0.15, 0.2) is 48.5 Å². The zero-order valence-electron chi connectivity index (χ0n) is 18.2. The summed E-state index contributed by atoms with van der Waals surface area (Å²) in [6, 6.07) is 14.6. The fourth-order valence-corrected chi connectivity index (χ4v) is 3.90. The molecule has 2 aromatic carbocycles. The van der Waals surface area contributed by atoms with Gasteiger partial charge < -0.3 is 25.2 Å². The lowest BCUT2D eigenvalue weighted by atomic mass is 9.98. The molecule has 0 radical (unpaired) electrons. The first kappa shape index (κ1) is 23.3. The molecular weight excluding hydrogens is 412 g/mol. The number of hydrogen-bond acceptors (Lipinski definition) is 5. The van der Waals surface area contributed by atoms with Crippen LogP contribution in [0, 0.1) is 0 Å². The first-order valence-corrected chi connectivity index (χ1v) is 10.6. The second kappa shape index (κ2) is 10.8. The summed E-state index contributed by atoms with van der Waals surface area (Å²) in [4.78, 5) is 36.1. The number of carbonyl (C=O) groups excluding carboxylic acids is 2. The van der Waals surface area contributed by atoms with Crippen molar-refractivity contribution in [1.29, 1.82) is 0 Å². The zero-order valence-corrected chi connectivity index (χ0v) is 18.2. The normalized spacial score (nSPS) is 14.1. The summed E-state index contributed by atoms with van der Waals surface area (Å²) in [6.07, 6.45) is -0.911. The minimum Gasteiger partial charge on any atom is -0.481 e. The van der Waals surface area contributed by atoms with Gasteiger partial charge in [0.2, 0.25) is 5.91 Å². The SMILES string of the molecule is CCC(CNC(=O)C(CC(=O)O)NC(=O)OCC1c2ccccc2-c2ccccc21)OC. The smallest absolute Gasteiger partial charge is 0.407 e. The van der Waals surface area contributed by atoms with Crippen LogP contribution in [0.4, 0.5) is 4.79 Å². The third-order valence-electron chi connectivity index (χ3n) is 5.62. The lowest BCUT2D eigenvalue weighted by Gasteiger charge is -2.20. The van der Waals surface area contributed by atoms with Crippen molar-refractivity contribution in [2.75, 3.05) is 20.3 Å². The highest BCUT2D eigenvalue weighted by Gasteiger charge is 2.30. The fraction of sp³-hybridized carbons (Fsp3) is 0.375. The number of carboxylic acid groups (broad SMARTS) is 1. The Balaban J connectivity index is 1.63. The highest BCUT2D eigenvalue weighted by molar-refractivity contribution is 5.89. The van der Waals surface area contributed by atoms with Crippen molar-refractivity contribution >= 4 is 18.0 Å². The van der Waals surface area contributed by atoms with Crippen LogP contribution in [0.3, 0.4) is 0 Å². The van der Waals surface area contributed by atoms with E-state index in [1.807, 2.05) is 55.5 Å². The van der Waals surface area contributed by atoms with Crippen molar-refractivity contribution in [2.45, 2.75) is 37.8 Å². The minimum absolute atomic E-state index is 0.0723. The van der Waals surface area contributed by atoms with E-state index >= 15 is 0 Å². The lowest BCUT2D eigenvalue weighted by molar-refractivity contribution is -0.139. The molecule has 8 heteroatoms. The molecule has 0 aliphatic heterocycles. The van der Waals surface area contributed by atoms with Crippen LogP contribution in [-0.4, -0.2) is 55.5 Å². The van der Waals surface area contributed by atoms with Crippen molar-refractivity contribution < 1.29 is 29.0 Å². The Morgan fingerprint density at radius 2 is 1.62 bits per heavy atom. The Hall–Kier alpha value is -3.39. The number of ether oxygens (including phenoxy) is 2. The first-order valence-electron chi connectivity index (χ1n) is 10.6. The quantitative estimate of drug-likeness (QED) is 0.524. The molecule has 0 aromatic heterocycles. The number of amides is 2. The molecule has 2 unspecified atom stereocenters. The summed E-state index contributed by atoms with van der Waals surface area (Å²) in [7, 11) is 1.53. The molecule has 0 saturated heterocycles. The molecule has 1 aliphatic carbocycles. The zero-order chi connectivity index (χ0) is 23.1. The molecule has 3 N–H and O–H groups in total. The molecule has 0 fully saturated rings. The molecule has 8 nitrogen and oxygen atoms in total. The molecular formula is C24H28N2O6. The Morgan fingerprint density at radius 1 is 1.03 bits per heavy atom. The highest BCUT2D eigenvalue weighted by Crippen LogP contribution is 2.44. The van der Waals surface area contributed by atoms with Crippen LogP contribution in [0.2, 0.25) is 0 Å². The van der Waals surface area contributed by atoms with Crippen molar-refractivity contribution in [3.8, 4) is 11.1 Å². The minimum atomic E-state index is -1.25. The van der Waals surface area contributed by atoms with E-state index in [2.05, 4.69) is 10.6 Å². The van der Waals surface area contributed by atoms with Gasteiger partial charge >= 0.3 is 12.1 Å². The van der Waals surface area contributed by atoms with Gasteiger partial charge in [0.05, 0.1) is 12.5 Å². The molecule has 2 atom stereocenters. The van der Waals surface area contributed by atoms with Crippen molar-refractivity contribution in [1.82, 2.24) is 10.6 Å². The molecule has 0 bridgehead atoms. The molecule has 32 heavy (non-hydrogen) atoms. The number of alkyl carbamates (subject to hydrolysis) is 1. The van der Waals surface area contributed by atoms with E-state index in [1.54, 1.807) is 0 Å². The topological polar surface area (TPSA) is 114 Å². The number of carboxylic acids is 1. The highest BCUT2D eigenvalue weighted by atomic mass is 16.5. The largest absolute Gasteiger partial charge is 0.481 e. The Kier molecular flexibility index (Phi) is 7.83. The van der Waals surface area contributed by atoms with Gasteiger partial charge in [-0.3, -0.25) is 9.59 Å². The number of carbonyl (C=O) groups is 3. The van der Waals surface area contributed by atoms with Crippen LogP contribution in [0.5, 0.6) is 0 Å². The van der Waals surface area contributed by atoms with E-state index in [1.165, 1.54) is 7.11 Å². The predicted molar refractivity (Wildman–Crippen MR) is 118 cm³/mol. The monoisotopic (exact) mass is 440 g/mol. The average molecular weight is 440 g/mol. The molecule has 1 aliphatic rings. The maximum atomic E-state index is 12.4. The maximum Gasteiger partial charge on any atom is 0.407 e. The molecule has 2 aromatic rings. The molecule has 170 valence electrons. The number of benzene rings is 2. The van der Waals surface area contributed by atoms with Gasteiger partial charge in [-0.2, -0.15) is 0 Å². The number of fused-ring (bicyclic) bond motifs is 3. The second-order valence-corrected chi connectivity index (χ2v) is 7.63. The summed E-state index contributed by atoms with van der Waals surface area (Å²) < 4.78 is 10.6. The van der Waals surface area contributed by atoms with Gasteiger partial charge in [0.25, 0.3) is 0 Å². The lowest BCUT2D eigenvalue weighted by Crippen LogP contribution is -2.49. The van der Waals surface area contributed by atoms with Gasteiger partial charge in [-0.25, -0.2) is 4.79 Å². The molecule has 0 heterocycles. The van der Waals surface area contributed by atoms with Crippen molar-refractivity contribution in [2.24, 2.45) is 0 Å². The second-order valence-electron chi connectivity index (χ2n) is 7.63. The summed E-state index contributed by atoms with van der Waals surface area (Å²) in [5.41, 5.74) is 4.32. The van der Waals surface area contributed by atoms with E-state index in [0.717, 1.165) is 22.3 Å². The Labute approximate surface area is 186 Å². The van der Waals surface area contributed by atoms with Crippen molar-refractivity contribution in [3.63, 3.8) is 0 Å². The van der Waals surface area contributed by atoms with Crippen LogP contribution in [-0.2, 0) is 19.1 Å². The predicted octanol–water partition coefficient (Wildman–Crippen LogP) is 2.91. The number of methoxy groups -OCH3 is 1. The van der Waals surface area contributed by atoms with E-state index in [4.69, 9.17) is 14.6 Å². The van der Waals surface area contributed by atoms with Crippen molar-refractivity contribution in [3.05, 3.63) is 59.7 Å². The number of nitrogens with one attached hydrogen (secondary N) is 2. The van der Waals surface area contributed by atoms with E-state index in [0.29, 0.717) is 6.42 Å². The van der Waals surface area contributed by atoms with Crippen LogP contribution < -0.4 is 10.6 Å². The van der Waals surface area contributed by atoms with Crippen LogP contribution in [0.25, 0.3) is 11.1 Å². The standard InChI is InChI=1S/C24H28N2O6/c1-3-15(31-2)13-25-23(29)21(12-22(27)28)26-24(30)32-14-20-18-10-6-4-8-16(18)17-9-5-7-11-19(17)20/h4-11,15,20-21H,3,12-14H2,1-2H3,(H,25,29)(H,26,30)(H,27,28). The van der Waals surface area contributed by atoms with E-state index in [9.17, 15) is 14.4 Å². The summed E-state index contributed by atoms with van der Waals surface area (Å²) in [5.74, 6) is -1.94. The van der Waals surface area contributed by atoms with Gasteiger partial charge in [0.1, 0.15) is 12.6 Å². The third kappa shape index (κ3) is 5.45. The van der Waals surface area contributed by atoms with Crippen LogP contribution >= 0.6 is 0 Å². The molecule has 2 amide bonds. The van der Waals surface area contributed by atoms with Gasteiger partial charge in [0, 0.05) is 19.6 Å². The van der Waals surface area contributed by atoms with Crippen LogP contribution in [0.1, 0.15) is 36.8 Å². The first-order chi connectivity index (χ1) is 15.4. The number of aliphatic carboxylic acids is 1. The Bertz CT molecular complexity index is 927. The number of rotatable bonds is 10. The fourth-order valence-electron chi connectivity index (χ4n) is 3.90. The third-order valence-corrected chi connectivity index (χ3v) is 5.62.